The minimum absolute atomic E-state index is 0.0818. The summed E-state index contributed by atoms with van der Waals surface area (Å²) >= 11 is 0. The summed E-state index contributed by atoms with van der Waals surface area (Å²) in [7, 11) is -4.69. The van der Waals surface area contributed by atoms with E-state index in [1.807, 2.05) is 18.2 Å². The third-order valence-corrected chi connectivity index (χ3v) is 9.52. The number of hydrogen-bond acceptors (Lipinski definition) is 11. The van der Waals surface area contributed by atoms with E-state index in [1.165, 1.54) is 25.7 Å². The summed E-state index contributed by atoms with van der Waals surface area (Å²) in [6.45, 7) is 1.87. The number of unbranched alkanes of at least 4 members (excludes halogenated alkanes) is 9. The lowest BCUT2D eigenvalue weighted by Crippen LogP contribution is -2.30. The molecule has 0 aromatic rings. The van der Waals surface area contributed by atoms with Gasteiger partial charge in [-0.05, 0) is 77.0 Å². The van der Waals surface area contributed by atoms with E-state index >= 15 is 0 Å². The van der Waals surface area contributed by atoms with Gasteiger partial charge >= 0.3 is 19.8 Å². The van der Waals surface area contributed by atoms with E-state index in [2.05, 4.69) is 73.1 Å². The third kappa shape index (κ3) is 37.4. The molecule has 0 saturated heterocycles. The van der Waals surface area contributed by atoms with E-state index in [-0.39, 0.29) is 32.1 Å². The third-order valence-electron chi connectivity index (χ3n) is 8.57. The van der Waals surface area contributed by atoms with E-state index in [0.29, 0.717) is 12.8 Å². The molecule has 13 heteroatoms. The number of allylic oxidation sites excluding steroid dienone is 11. The Morgan fingerprint density at radius 2 is 1.16 bits per heavy atom. The standard InChI is InChI=1S/C44H75O12P/c1-3-5-7-9-11-13-15-17-18-19-21-23-25-27-29-33-44(50)56-40(38-55-57(51,52)54-36-39(46)35-45)37-53-43(49)34-30-32-42(48)41(47)31-28-26-24-22-20-16-14-12-10-8-6-4-2/h6,8,12-15,17-18,20,22,26,28,39-42,45-48H,3-5,7,9-11,16,19,21,23-25,27,29-38H2,1-2H3,(H,51,52)/b8-6-,14-12-,15-13-,18-17-,22-20-,28-26-/t39-,40+,41-,42-/m0/s1. The lowest BCUT2D eigenvalue weighted by atomic mass is 10.0. The quantitative estimate of drug-likeness (QED) is 0.0131. The van der Waals surface area contributed by atoms with Crippen LogP contribution in [0.15, 0.2) is 72.9 Å². The molecule has 0 aliphatic heterocycles. The molecule has 12 nitrogen and oxygen atoms in total. The molecule has 0 rings (SSSR count). The van der Waals surface area contributed by atoms with Crippen LogP contribution in [0.2, 0.25) is 0 Å². The Balaban J connectivity index is 4.60. The van der Waals surface area contributed by atoms with Gasteiger partial charge in [0.25, 0.3) is 0 Å². The molecule has 0 aliphatic carbocycles. The van der Waals surface area contributed by atoms with Gasteiger partial charge in [0, 0.05) is 12.8 Å². The van der Waals surface area contributed by atoms with Crippen LogP contribution in [0.3, 0.4) is 0 Å². The normalized spacial score (nSPS) is 15.7. The maximum atomic E-state index is 12.6. The topological polar surface area (TPSA) is 189 Å². The molecular formula is C44H75O12P. The molecule has 0 heterocycles. The molecule has 1 unspecified atom stereocenters. The lowest BCUT2D eigenvalue weighted by Gasteiger charge is -2.20. The van der Waals surface area contributed by atoms with Crippen LogP contribution in [0.1, 0.15) is 142 Å². The Labute approximate surface area is 343 Å². The molecule has 0 saturated carbocycles. The first kappa shape index (κ1) is 54.3. The van der Waals surface area contributed by atoms with E-state index in [0.717, 1.165) is 57.8 Å². The average molecular weight is 827 g/mol. The monoisotopic (exact) mass is 826 g/mol. The van der Waals surface area contributed by atoms with Gasteiger partial charge < -0.3 is 34.8 Å². The number of ether oxygens (including phenoxy) is 2. The van der Waals surface area contributed by atoms with Crippen LogP contribution in [-0.2, 0) is 32.7 Å². The number of rotatable bonds is 38. The van der Waals surface area contributed by atoms with Crippen LogP contribution in [0.5, 0.6) is 0 Å². The van der Waals surface area contributed by atoms with E-state index in [9.17, 15) is 34.4 Å². The second-order valence-corrected chi connectivity index (χ2v) is 15.4. The highest BCUT2D eigenvalue weighted by atomic mass is 31.2. The van der Waals surface area contributed by atoms with E-state index in [4.69, 9.17) is 19.1 Å². The molecule has 5 N–H and O–H groups in total. The first-order chi connectivity index (χ1) is 27.5. The predicted octanol–water partition coefficient (Wildman–Crippen LogP) is 8.83. The van der Waals surface area contributed by atoms with Gasteiger partial charge in [0.05, 0.1) is 32.0 Å². The van der Waals surface area contributed by atoms with Gasteiger partial charge in [-0.25, -0.2) is 4.57 Å². The van der Waals surface area contributed by atoms with Gasteiger partial charge in [-0.15, -0.1) is 0 Å². The Kier molecular flexibility index (Phi) is 37.0. The molecule has 0 radical (unpaired) electrons. The fraction of sp³-hybridized carbons (Fsp3) is 0.682. The summed E-state index contributed by atoms with van der Waals surface area (Å²) in [6.07, 6.45) is 36.1. The first-order valence-electron chi connectivity index (χ1n) is 21.1. The van der Waals surface area contributed by atoms with Crippen molar-refractivity contribution in [2.45, 2.75) is 167 Å². The fourth-order valence-corrected chi connectivity index (χ4v) is 5.98. The Bertz CT molecular complexity index is 1210. The van der Waals surface area contributed by atoms with Gasteiger partial charge in [-0.3, -0.25) is 18.6 Å². The van der Waals surface area contributed by atoms with Gasteiger partial charge in [0.1, 0.15) is 12.7 Å². The number of esters is 2. The highest BCUT2D eigenvalue weighted by molar-refractivity contribution is 7.47. The van der Waals surface area contributed by atoms with Crippen molar-refractivity contribution >= 4 is 19.8 Å². The van der Waals surface area contributed by atoms with E-state index < -0.39 is 70.6 Å². The largest absolute Gasteiger partial charge is 0.472 e. The highest BCUT2D eigenvalue weighted by Gasteiger charge is 2.27. The molecule has 57 heavy (non-hydrogen) atoms. The van der Waals surface area contributed by atoms with Crippen LogP contribution < -0.4 is 0 Å². The number of hydrogen-bond donors (Lipinski definition) is 5. The van der Waals surface area contributed by atoms with Gasteiger partial charge in [0.2, 0.25) is 0 Å². The van der Waals surface area contributed by atoms with Crippen molar-refractivity contribution in [3.63, 3.8) is 0 Å². The minimum Gasteiger partial charge on any atom is -0.462 e. The summed E-state index contributed by atoms with van der Waals surface area (Å²) in [5, 5.41) is 39.0. The Morgan fingerprint density at radius 1 is 0.614 bits per heavy atom. The summed E-state index contributed by atoms with van der Waals surface area (Å²) in [5.74, 6) is -1.24. The summed E-state index contributed by atoms with van der Waals surface area (Å²) in [4.78, 5) is 35.0. The number of phosphoric ester groups is 1. The Morgan fingerprint density at radius 3 is 1.77 bits per heavy atom. The molecule has 5 atom stereocenters. The van der Waals surface area contributed by atoms with Gasteiger partial charge in [-0.1, -0.05) is 125 Å². The van der Waals surface area contributed by atoms with Crippen molar-refractivity contribution in [3.8, 4) is 0 Å². The smallest absolute Gasteiger partial charge is 0.462 e. The second-order valence-electron chi connectivity index (χ2n) is 14.0. The van der Waals surface area contributed by atoms with Crippen LogP contribution in [-0.4, -0.2) is 88.1 Å². The molecule has 0 amide bonds. The van der Waals surface area contributed by atoms with Crippen LogP contribution in [0.25, 0.3) is 0 Å². The van der Waals surface area contributed by atoms with Crippen molar-refractivity contribution in [1.29, 1.82) is 0 Å². The van der Waals surface area contributed by atoms with Gasteiger partial charge in [0.15, 0.2) is 6.10 Å². The molecule has 0 bridgehead atoms. The SMILES string of the molecule is CC/C=C\C/C=C\C/C=C\C/C=C\C[C@H](O)[C@@H](O)CCCC(=O)OC[C@H](COP(=O)(O)OC[C@@H](O)CO)OC(=O)CCCCCCC/C=C\C=C/CCCCCC. The Hall–Kier alpha value is -2.67. The van der Waals surface area contributed by atoms with Crippen LogP contribution >= 0.6 is 7.82 Å². The van der Waals surface area contributed by atoms with Crippen molar-refractivity contribution in [2.24, 2.45) is 0 Å². The molecular weight excluding hydrogens is 751 g/mol. The summed E-state index contributed by atoms with van der Waals surface area (Å²) in [5.41, 5.74) is 0. The zero-order valence-corrected chi connectivity index (χ0v) is 35.6. The molecule has 0 aliphatic rings. The van der Waals surface area contributed by atoms with Crippen molar-refractivity contribution in [2.75, 3.05) is 26.4 Å². The molecule has 0 aromatic carbocycles. The van der Waals surface area contributed by atoms with Crippen LogP contribution in [0.4, 0.5) is 0 Å². The van der Waals surface area contributed by atoms with Crippen LogP contribution in [0, 0.1) is 0 Å². The number of aliphatic hydroxyl groups excluding tert-OH is 4. The predicted molar refractivity (Wildman–Crippen MR) is 226 cm³/mol. The number of aliphatic hydroxyl groups is 4. The van der Waals surface area contributed by atoms with E-state index in [1.54, 1.807) is 0 Å². The zero-order valence-electron chi connectivity index (χ0n) is 34.7. The second kappa shape index (κ2) is 38.8. The molecule has 328 valence electrons. The van der Waals surface area contributed by atoms with Crippen molar-refractivity contribution in [3.05, 3.63) is 72.9 Å². The summed E-state index contributed by atoms with van der Waals surface area (Å²) in [6, 6.07) is 0. The maximum Gasteiger partial charge on any atom is 0.472 e. The average Bonchev–Trinajstić information content (AvgIpc) is 3.19. The number of carbonyl (C=O) groups excluding carboxylic acids is 2. The van der Waals surface area contributed by atoms with Crippen molar-refractivity contribution < 1.29 is 58.0 Å². The maximum absolute atomic E-state index is 12.6. The minimum atomic E-state index is -4.69. The zero-order chi connectivity index (χ0) is 42.2. The number of carbonyl (C=O) groups is 2. The van der Waals surface area contributed by atoms with Gasteiger partial charge in [-0.2, -0.15) is 0 Å². The number of phosphoric acid groups is 1. The fourth-order valence-electron chi connectivity index (χ4n) is 5.19. The molecule has 0 aromatic heterocycles. The highest BCUT2D eigenvalue weighted by Crippen LogP contribution is 2.43. The first-order valence-corrected chi connectivity index (χ1v) is 22.6. The molecule has 0 fully saturated rings. The lowest BCUT2D eigenvalue weighted by molar-refractivity contribution is -0.161. The van der Waals surface area contributed by atoms with Crippen molar-refractivity contribution in [1.82, 2.24) is 0 Å². The summed E-state index contributed by atoms with van der Waals surface area (Å²) < 4.78 is 32.5. The molecule has 0 spiro atoms.